The van der Waals surface area contributed by atoms with E-state index >= 15 is 0 Å². The van der Waals surface area contributed by atoms with Crippen LogP contribution >= 0.6 is 0 Å². The van der Waals surface area contributed by atoms with E-state index < -0.39 is 0 Å². The second-order valence-electron chi connectivity index (χ2n) is 6.01. The van der Waals surface area contributed by atoms with E-state index in [1.54, 1.807) is 36.3 Å². The zero-order valence-corrected chi connectivity index (χ0v) is 14.0. The number of anilines is 1. The quantitative estimate of drug-likeness (QED) is 0.877. The number of aromatic nitrogens is 4. The highest BCUT2D eigenvalue weighted by atomic mass is 16.2. The number of nitrogens with zero attached hydrogens (tertiary/aromatic N) is 5. The second kappa shape index (κ2) is 6.86. The molecule has 1 amide bonds. The molecular formula is C16H22N6O2. The zero-order valence-electron chi connectivity index (χ0n) is 14.0. The summed E-state index contributed by atoms with van der Waals surface area (Å²) in [5.41, 5.74) is 0.465. The van der Waals surface area contributed by atoms with Crippen molar-refractivity contribution in [2.45, 2.75) is 32.4 Å². The van der Waals surface area contributed by atoms with Gasteiger partial charge in [-0.1, -0.05) is 0 Å². The fraction of sp³-hybridized carbons (Fsp3) is 0.500. The van der Waals surface area contributed by atoms with Crippen LogP contribution in [0, 0.1) is 0 Å². The van der Waals surface area contributed by atoms with Gasteiger partial charge in [-0.05, 0) is 25.8 Å². The number of piperidine rings is 1. The molecule has 8 nitrogen and oxygen atoms in total. The van der Waals surface area contributed by atoms with Crippen LogP contribution in [0.4, 0.5) is 5.82 Å². The Labute approximate surface area is 140 Å². The van der Waals surface area contributed by atoms with Gasteiger partial charge in [0.15, 0.2) is 0 Å². The van der Waals surface area contributed by atoms with Crippen molar-refractivity contribution < 1.29 is 4.79 Å². The van der Waals surface area contributed by atoms with Crippen molar-refractivity contribution in [1.29, 1.82) is 0 Å². The third-order valence-electron chi connectivity index (χ3n) is 4.20. The maximum absolute atomic E-state index is 12.3. The molecule has 0 saturated carbocycles. The van der Waals surface area contributed by atoms with Crippen LogP contribution in [0.2, 0.25) is 0 Å². The molecule has 0 radical (unpaired) electrons. The number of hydrogen-bond donors (Lipinski definition) is 1. The summed E-state index contributed by atoms with van der Waals surface area (Å²) in [6, 6.07) is 3.35. The summed E-state index contributed by atoms with van der Waals surface area (Å²) in [5.74, 6) is 0.665. The SMILES string of the molecule is CCn1nc(N2CCCC(NC(=O)c3cnn(C)c3)C2)ccc1=O. The first-order valence-corrected chi connectivity index (χ1v) is 8.19. The summed E-state index contributed by atoms with van der Waals surface area (Å²) in [7, 11) is 1.79. The van der Waals surface area contributed by atoms with Gasteiger partial charge in [-0.25, -0.2) is 4.68 Å². The molecule has 128 valence electrons. The predicted octanol–water partition coefficient (Wildman–Crippen LogP) is 0.395. The Morgan fingerprint density at radius 2 is 2.25 bits per heavy atom. The normalized spacial score (nSPS) is 17.8. The minimum atomic E-state index is -0.110. The molecule has 8 heteroatoms. The van der Waals surface area contributed by atoms with E-state index in [0.29, 0.717) is 18.7 Å². The minimum absolute atomic E-state index is 0.0512. The molecule has 1 N–H and O–H groups in total. The van der Waals surface area contributed by atoms with E-state index in [4.69, 9.17) is 0 Å². The summed E-state index contributed by atoms with van der Waals surface area (Å²) >= 11 is 0. The lowest BCUT2D eigenvalue weighted by Crippen LogP contribution is -2.48. The Balaban J connectivity index is 1.68. The topological polar surface area (TPSA) is 85.1 Å². The molecule has 3 rings (SSSR count). The van der Waals surface area contributed by atoms with Crippen molar-refractivity contribution in [3.05, 3.63) is 40.4 Å². The van der Waals surface area contributed by atoms with Gasteiger partial charge in [0.05, 0.1) is 11.8 Å². The molecule has 0 bridgehead atoms. The van der Waals surface area contributed by atoms with Crippen molar-refractivity contribution >= 4 is 11.7 Å². The molecule has 1 unspecified atom stereocenters. The molecule has 3 heterocycles. The van der Waals surface area contributed by atoms with Gasteiger partial charge in [-0.2, -0.15) is 10.2 Å². The van der Waals surface area contributed by atoms with Gasteiger partial charge in [-0.15, -0.1) is 0 Å². The van der Waals surface area contributed by atoms with E-state index in [0.717, 1.165) is 25.2 Å². The second-order valence-corrected chi connectivity index (χ2v) is 6.01. The lowest BCUT2D eigenvalue weighted by atomic mass is 10.1. The standard InChI is InChI=1S/C16H22N6O2/c1-3-22-15(23)7-6-14(19-22)21-8-4-5-13(11-21)18-16(24)12-9-17-20(2)10-12/h6-7,9-10,13H,3-5,8,11H2,1-2H3,(H,18,24). The van der Waals surface area contributed by atoms with Crippen molar-refractivity contribution in [2.24, 2.45) is 7.05 Å². The Bertz CT molecular complexity index is 781. The molecule has 2 aromatic rings. The molecule has 24 heavy (non-hydrogen) atoms. The van der Waals surface area contributed by atoms with Crippen molar-refractivity contribution in [1.82, 2.24) is 24.9 Å². The Morgan fingerprint density at radius 1 is 1.42 bits per heavy atom. The average Bonchev–Trinajstić information content (AvgIpc) is 3.02. The largest absolute Gasteiger partial charge is 0.353 e. The fourth-order valence-corrected chi connectivity index (χ4v) is 2.94. The highest BCUT2D eigenvalue weighted by Crippen LogP contribution is 2.17. The molecule has 1 aliphatic heterocycles. The van der Waals surface area contributed by atoms with Crippen LogP contribution in [0.15, 0.2) is 29.3 Å². The number of carbonyl (C=O) groups excluding carboxylic acids is 1. The molecule has 1 atom stereocenters. The number of nitrogens with one attached hydrogen (secondary N) is 1. The monoisotopic (exact) mass is 330 g/mol. The Kier molecular flexibility index (Phi) is 4.64. The fourth-order valence-electron chi connectivity index (χ4n) is 2.94. The number of rotatable bonds is 4. The molecular weight excluding hydrogens is 308 g/mol. The molecule has 0 aromatic carbocycles. The van der Waals surface area contributed by atoms with Crippen LogP contribution in [-0.4, -0.2) is 44.6 Å². The van der Waals surface area contributed by atoms with E-state index in [-0.39, 0.29) is 17.5 Å². The van der Waals surface area contributed by atoms with Gasteiger partial charge >= 0.3 is 0 Å². The first-order chi connectivity index (χ1) is 11.6. The smallest absolute Gasteiger partial charge is 0.266 e. The van der Waals surface area contributed by atoms with Gasteiger partial charge < -0.3 is 10.2 Å². The number of aryl methyl sites for hydroxylation is 2. The van der Waals surface area contributed by atoms with Gasteiger partial charge in [0.25, 0.3) is 11.5 Å². The molecule has 1 fully saturated rings. The van der Waals surface area contributed by atoms with E-state index in [1.807, 2.05) is 6.92 Å². The summed E-state index contributed by atoms with van der Waals surface area (Å²) in [5, 5.41) is 11.5. The molecule has 2 aromatic heterocycles. The van der Waals surface area contributed by atoms with Gasteiger partial charge in [0, 0.05) is 45.0 Å². The number of hydrogen-bond acceptors (Lipinski definition) is 5. The summed E-state index contributed by atoms with van der Waals surface area (Å²) < 4.78 is 3.06. The van der Waals surface area contributed by atoms with Crippen LogP contribution in [0.25, 0.3) is 0 Å². The molecule has 1 aliphatic rings. The lowest BCUT2D eigenvalue weighted by Gasteiger charge is -2.33. The van der Waals surface area contributed by atoms with E-state index in [2.05, 4.69) is 20.4 Å². The van der Waals surface area contributed by atoms with Crippen LogP contribution in [0.5, 0.6) is 0 Å². The number of amides is 1. The first-order valence-electron chi connectivity index (χ1n) is 8.19. The van der Waals surface area contributed by atoms with Crippen molar-refractivity contribution in [3.63, 3.8) is 0 Å². The predicted molar refractivity (Wildman–Crippen MR) is 90.1 cm³/mol. The molecule has 0 spiro atoms. The number of carbonyl (C=O) groups is 1. The lowest BCUT2D eigenvalue weighted by molar-refractivity contribution is 0.0933. The Hall–Kier alpha value is -2.64. The van der Waals surface area contributed by atoms with Crippen LogP contribution < -0.4 is 15.8 Å². The van der Waals surface area contributed by atoms with Gasteiger partial charge in [0.2, 0.25) is 0 Å². The maximum Gasteiger partial charge on any atom is 0.266 e. The summed E-state index contributed by atoms with van der Waals surface area (Å²) in [6.45, 7) is 3.99. The van der Waals surface area contributed by atoms with Crippen molar-refractivity contribution in [2.75, 3.05) is 18.0 Å². The van der Waals surface area contributed by atoms with E-state index in [1.165, 1.54) is 4.68 Å². The summed E-state index contributed by atoms with van der Waals surface area (Å²) in [6.07, 6.45) is 5.16. The van der Waals surface area contributed by atoms with Crippen LogP contribution in [0.3, 0.4) is 0 Å². The Morgan fingerprint density at radius 3 is 2.96 bits per heavy atom. The zero-order chi connectivity index (χ0) is 17.1. The highest BCUT2D eigenvalue weighted by molar-refractivity contribution is 5.93. The maximum atomic E-state index is 12.3. The van der Waals surface area contributed by atoms with Gasteiger partial charge in [-0.3, -0.25) is 14.3 Å². The van der Waals surface area contributed by atoms with Crippen LogP contribution in [0.1, 0.15) is 30.1 Å². The molecule has 0 aliphatic carbocycles. The third kappa shape index (κ3) is 3.47. The van der Waals surface area contributed by atoms with Crippen LogP contribution in [-0.2, 0) is 13.6 Å². The average molecular weight is 330 g/mol. The van der Waals surface area contributed by atoms with Crippen molar-refractivity contribution in [3.8, 4) is 0 Å². The van der Waals surface area contributed by atoms with Gasteiger partial charge in [0.1, 0.15) is 5.82 Å². The summed E-state index contributed by atoms with van der Waals surface area (Å²) in [4.78, 5) is 26.1. The minimum Gasteiger partial charge on any atom is -0.353 e. The van der Waals surface area contributed by atoms with E-state index in [9.17, 15) is 9.59 Å². The third-order valence-corrected chi connectivity index (χ3v) is 4.20. The highest BCUT2D eigenvalue weighted by Gasteiger charge is 2.23. The first kappa shape index (κ1) is 16.2. The molecule has 1 saturated heterocycles.